The van der Waals surface area contributed by atoms with Gasteiger partial charge in [-0.2, -0.15) is 0 Å². The van der Waals surface area contributed by atoms with Crippen molar-refractivity contribution in [3.63, 3.8) is 0 Å². The highest BCUT2D eigenvalue weighted by Gasteiger charge is 2.49. The highest BCUT2D eigenvalue weighted by molar-refractivity contribution is 5.79. The fraction of sp³-hybridized carbons (Fsp3) is 0.500. The van der Waals surface area contributed by atoms with Crippen molar-refractivity contribution in [3.8, 4) is 11.5 Å². The summed E-state index contributed by atoms with van der Waals surface area (Å²) in [6.07, 6.45) is -3.62. The average molecular weight is 355 g/mol. The third kappa shape index (κ3) is 4.38. The molecule has 7 N–H and O–H groups in total. The van der Waals surface area contributed by atoms with Crippen LogP contribution in [0.4, 0.5) is 0 Å². The molecule has 1 aromatic carbocycles. The highest BCUT2D eigenvalue weighted by atomic mass is 16.4. The highest BCUT2D eigenvalue weighted by Crippen LogP contribution is 2.30. The lowest BCUT2D eigenvalue weighted by Gasteiger charge is -2.40. The molecule has 0 aliphatic heterocycles. The van der Waals surface area contributed by atoms with Gasteiger partial charge in [0.1, 0.15) is 6.10 Å². The molecule has 9 heteroatoms. The largest absolute Gasteiger partial charge is 0.504 e. The van der Waals surface area contributed by atoms with Crippen LogP contribution >= 0.6 is 0 Å². The first-order valence-corrected chi connectivity index (χ1v) is 7.74. The van der Waals surface area contributed by atoms with Gasteiger partial charge in [0.2, 0.25) is 5.91 Å². The molecule has 138 valence electrons. The van der Waals surface area contributed by atoms with Crippen molar-refractivity contribution in [2.45, 2.75) is 49.5 Å². The van der Waals surface area contributed by atoms with Gasteiger partial charge in [-0.05, 0) is 24.1 Å². The summed E-state index contributed by atoms with van der Waals surface area (Å²) in [5.41, 5.74) is -1.63. The van der Waals surface area contributed by atoms with E-state index >= 15 is 0 Å². The summed E-state index contributed by atoms with van der Waals surface area (Å²) < 4.78 is 0. The van der Waals surface area contributed by atoms with Gasteiger partial charge in [-0.3, -0.25) is 4.79 Å². The third-order valence-electron chi connectivity index (χ3n) is 4.34. The molecular formula is C16H21NO8. The average Bonchev–Trinajstić information content (AvgIpc) is 2.53. The maximum Gasteiger partial charge on any atom is 0.335 e. The van der Waals surface area contributed by atoms with Crippen LogP contribution in [0.5, 0.6) is 11.5 Å². The lowest BCUT2D eigenvalue weighted by molar-refractivity contribution is -0.175. The van der Waals surface area contributed by atoms with Gasteiger partial charge in [0.15, 0.2) is 17.1 Å². The van der Waals surface area contributed by atoms with E-state index in [9.17, 15) is 35.1 Å². The van der Waals surface area contributed by atoms with Gasteiger partial charge in [0, 0.05) is 19.3 Å². The molecule has 0 saturated heterocycles. The van der Waals surface area contributed by atoms with Crippen molar-refractivity contribution in [2.24, 2.45) is 0 Å². The monoisotopic (exact) mass is 355 g/mol. The van der Waals surface area contributed by atoms with Gasteiger partial charge in [-0.15, -0.1) is 0 Å². The van der Waals surface area contributed by atoms with E-state index in [1.807, 2.05) is 0 Å². The molecule has 0 radical (unpaired) electrons. The molecule has 1 amide bonds. The molecule has 0 heterocycles. The first-order valence-electron chi connectivity index (χ1n) is 7.74. The van der Waals surface area contributed by atoms with Crippen LogP contribution in [0.2, 0.25) is 0 Å². The lowest BCUT2D eigenvalue weighted by atomic mass is 9.78. The number of phenolic OH excluding ortho intramolecular Hbond substituents is 2. The van der Waals surface area contributed by atoms with Crippen LogP contribution in [0, 0.1) is 0 Å². The Labute approximate surface area is 143 Å². The van der Waals surface area contributed by atoms with Crippen LogP contribution in [0.15, 0.2) is 18.2 Å². The SMILES string of the molecule is O=C(CCc1ccc(O)c(O)c1)N[C@H]1C[C@](O)(C(=O)O)C[C@@H](O)[C@H]1O. The van der Waals surface area contributed by atoms with Gasteiger partial charge < -0.3 is 36.0 Å². The summed E-state index contributed by atoms with van der Waals surface area (Å²) >= 11 is 0. The zero-order chi connectivity index (χ0) is 18.8. The van der Waals surface area contributed by atoms with Crippen LogP contribution < -0.4 is 5.32 Å². The Morgan fingerprint density at radius 3 is 2.44 bits per heavy atom. The van der Waals surface area contributed by atoms with E-state index in [2.05, 4.69) is 5.32 Å². The maximum atomic E-state index is 12.0. The quantitative estimate of drug-likeness (QED) is 0.325. The standard InChI is InChI=1S/C16H21NO8/c18-10-3-1-8(5-11(10)19)2-4-13(21)17-9-6-16(25,15(23)24)7-12(20)14(9)22/h1,3,5,9,12,14,18-20,22,25H,2,4,6-7H2,(H,17,21)(H,23,24)/t9-,12+,14-,16+/m0/s1. The van der Waals surface area contributed by atoms with Crippen LogP contribution in [0.25, 0.3) is 0 Å². The Morgan fingerprint density at radius 2 is 1.84 bits per heavy atom. The molecule has 1 aliphatic rings. The summed E-state index contributed by atoms with van der Waals surface area (Å²) in [6.45, 7) is 0. The Hall–Kier alpha value is -2.36. The third-order valence-corrected chi connectivity index (χ3v) is 4.34. The van der Waals surface area contributed by atoms with Crippen LogP contribution in [0.1, 0.15) is 24.8 Å². The second-order valence-corrected chi connectivity index (χ2v) is 6.30. The van der Waals surface area contributed by atoms with Gasteiger partial charge in [0.05, 0.1) is 12.1 Å². The maximum absolute atomic E-state index is 12.0. The van der Waals surface area contributed by atoms with Crippen molar-refractivity contribution >= 4 is 11.9 Å². The number of benzene rings is 1. The number of aliphatic hydroxyl groups is 3. The fourth-order valence-corrected chi connectivity index (χ4v) is 2.88. The first kappa shape index (κ1) is 19.0. The zero-order valence-electron chi connectivity index (χ0n) is 13.3. The number of aryl methyl sites for hydroxylation is 1. The number of aliphatic carboxylic acids is 1. The predicted molar refractivity (Wildman–Crippen MR) is 83.9 cm³/mol. The number of phenols is 2. The number of rotatable bonds is 5. The van der Waals surface area contributed by atoms with E-state index in [1.54, 1.807) is 0 Å². The van der Waals surface area contributed by atoms with E-state index in [0.717, 1.165) is 0 Å². The number of carboxylic acid groups (broad SMARTS) is 1. The topological polar surface area (TPSA) is 168 Å². The Morgan fingerprint density at radius 1 is 1.16 bits per heavy atom. The van der Waals surface area contributed by atoms with Crippen molar-refractivity contribution in [1.82, 2.24) is 5.32 Å². The zero-order valence-corrected chi connectivity index (χ0v) is 13.3. The van der Waals surface area contributed by atoms with E-state index in [-0.39, 0.29) is 24.3 Å². The molecule has 2 rings (SSSR count). The number of carboxylic acids is 1. The second kappa shape index (κ2) is 7.26. The first-order chi connectivity index (χ1) is 11.6. The number of carbonyl (C=O) groups is 2. The Kier molecular flexibility index (Phi) is 5.51. The molecule has 0 spiro atoms. The van der Waals surface area contributed by atoms with Gasteiger partial charge in [0.25, 0.3) is 0 Å². The molecule has 0 unspecified atom stereocenters. The van der Waals surface area contributed by atoms with Crippen molar-refractivity contribution in [3.05, 3.63) is 23.8 Å². The second-order valence-electron chi connectivity index (χ2n) is 6.30. The number of aliphatic hydroxyl groups excluding tert-OH is 2. The fourth-order valence-electron chi connectivity index (χ4n) is 2.88. The smallest absolute Gasteiger partial charge is 0.335 e. The number of nitrogens with one attached hydrogen (secondary N) is 1. The summed E-state index contributed by atoms with van der Waals surface area (Å²) in [6, 6.07) is 3.03. The van der Waals surface area contributed by atoms with E-state index in [0.29, 0.717) is 5.56 Å². The number of carbonyl (C=O) groups excluding carboxylic acids is 1. The van der Waals surface area contributed by atoms with Crippen molar-refractivity contribution in [2.75, 3.05) is 0 Å². The molecule has 1 saturated carbocycles. The normalized spacial score (nSPS) is 29.2. The van der Waals surface area contributed by atoms with Gasteiger partial charge >= 0.3 is 5.97 Å². The minimum atomic E-state index is -2.22. The minimum absolute atomic E-state index is 0.0327. The van der Waals surface area contributed by atoms with E-state index < -0.39 is 48.6 Å². The van der Waals surface area contributed by atoms with Crippen LogP contribution in [-0.2, 0) is 16.0 Å². The predicted octanol–water partition coefficient (Wildman–Crippen LogP) is -1.15. The molecule has 1 aliphatic carbocycles. The molecular weight excluding hydrogens is 334 g/mol. The van der Waals surface area contributed by atoms with Crippen LogP contribution in [0.3, 0.4) is 0 Å². The molecule has 0 bridgehead atoms. The molecule has 9 nitrogen and oxygen atoms in total. The summed E-state index contributed by atoms with van der Waals surface area (Å²) in [4.78, 5) is 23.2. The molecule has 25 heavy (non-hydrogen) atoms. The lowest BCUT2D eigenvalue weighted by Crippen LogP contribution is -2.61. The minimum Gasteiger partial charge on any atom is -0.504 e. The van der Waals surface area contributed by atoms with Crippen LogP contribution in [-0.4, -0.2) is 66.4 Å². The molecule has 1 aromatic rings. The number of amides is 1. The van der Waals surface area contributed by atoms with E-state index in [1.165, 1.54) is 18.2 Å². The summed E-state index contributed by atoms with van der Waals surface area (Å²) in [5, 5.41) is 59.8. The van der Waals surface area contributed by atoms with Crippen molar-refractivity contribution < 1.29 is 40.2 Å². The van der Waals surface area contributed by atoms with Crippen molar-refractivity contribution in [1.29, 1.82) is 0 Å². The summed E-state index contributed by atoms with van der Waals surface area (Å²) in [7, 11) is 0. The molecule has 0 aromatic heterocycles. The summed E-state index contributed by atoms with van der Waals surface area (Å²) in [5.74, 6) is -2.63. The number of hydrogen-bond acceptors (Lipinski definition) is 7. The molecule has 4 atom stereocenters. The number of aromatic hydroxyl groups is 2. The van der Waals surface area contributed by atoms with Gasteiger partial charge in [-0.1, -0.05) is 6.07 Å². The van der Waals surface area contributed by atoms with Gasteiger partial charge in [-0.25, -0.2) is 4.79 Å². The Bertz CT molecular complexity index is 664. The number of hydrogen-bond donors (Lipinski definition) is 7. The molecule has 1 fully saturated rings. The van der Waals surface area contributed by atoms with E-state index in [4.69, 9.17) is 5.11 Å². The Balaban J connectivity index is 1.96.